The number of aryl methyl sites for hydroxylation is 1. The van der Waals surface area contributed by atoms with Crippen molar-refractivity contribution in [3.8, 4) is 16.9 Å². The van der Waals surface area contributed by atoms with Crippen molar-refractivity contribution in [2.45, 2.75) is 6.92 Å². The maximum atomic E-state index is 14.2. The lowest BCUT2D eigenvalue weighted by Crippen LogP contribution is -2.02. The zero-order valence-electron chi connectivity index (χ0n) is 10.9. The van der Waals surface area contributed by atoms with Crippen LogP contribution in [0.25, 0.3) is 16.9 Å². The molecule has 2 nitrogen and oxygen atoms in total. The summed E-state index contributed by atoms with van der Waals surface area (Å²) in [6.07, 6.45) is 1.81. The predicted octanol–water partition coefficient (Wildman–Crippen LogP) is 4.65. The number of aromatic nitrogens is 2. The summed E-state index contributed by atoms with van der Waals surface area (Å²) in [5.41, 5.74) is 3.18. The van der Waals surface area contributed by atoms with E-state index < -0.39 is 0 Å². The van der Waals surface area contributed by atoms with Gasteiger partial charge in [-0.3, -0.25) is 4.57 Å². The molecule has 3 aromatic rings. The van der Waals surface area contributed by atoms with Gasteiger partial charge in [0.2, 0.25) is 0 Å². The Labute approximate surface area is 121 Å². The molecule has 100 valence electrons. The van der Waals surface area contributed by atoms with Crippen LogP contribution in [0, 0.1) is 17.5 Å². The Morgan fingerprint density at radius 2 is 1.80 bits per heavy atom. The first-order valence-corrected chi connectivity index (χ1v) is 6.70. The van der Waals surface area contributed by atoms with Gasteiger partial charge >= 0.3 is 0 Å². The van der Waals surface area contributed by atoms with Crippen molar-refractivity contribution in [1.82, 2.24) is 9.55 Å². The van der Waals surface area contributed by atoms with E-state index in [9.17, 15) is 4.39 Å². The Balaban J connectivity index is 2.31. The monoisotopic (exact) mass is 284 g/mol. The molecule has 0 saturated heterocycles. The third kappa shape index (κ3) is 2.08. The number of halogens is 1. The van der Waals surface area contributed by atoms with Crippen LogP contribution in [-0.4, -0.2) is 9.55 Å². The number of rotatable bonds is 2. The fourth-order valence-electron chi connectivity index (χ4n) is 2.32. The number of para-hydroxylation sites is 1. The summed E-state index contributed by atoms with van der Waals surface area (Å²) >= 11 is 5.31. The minimum Gasteiger partial charge on any atom is -0.336 e. The molecule has 0 unspecified atom stereocenters. The third-order valence-corrected chi connectivity index (χ3v) is 3.56. The van der Waals surface area contributed by atoms with E-state index in [1.807, 2.05) is 49.5 Å². The van der Waals surface area contributed by atoms with Crippen LogP contribution in [0.15, 0.2) is 54.7 Å². The zero-order valence-corrected chi connectivity index (χ0v) is 11.7. The SMILES string of the molecule is Cc1cccc(F)c1-n1c(-c2ccccc2)c[nH]c1=S. The molecule has 2 aromatic carbocycles. The number of nitrogens with one attached hydrogen (secondary N) is 1. The first-order valence-electron chi connectivity index (χ1n) is 6.30. The zero-order chi connectivity index (χ0) is 14.1. The summed E-state index contributed by atoms with van der Waals surface area (Å²) in [5.74, 6) is -0.280. The molecule has 20 heavy (non-hydrogen) atoms. The Hall–Kier alpha value is -2.20. The van der Waals surface area contributed by atoms with Crippen molar-refractivity contribution in [1.29, 1.82) is 0 Å². The molecule has 1 N–H and O–H groups in total. The summed E-state index contributed by atoms with van der Waals surface area (Å²) in [6.45, 7) is 1.88. The average Bonchev–Trinajstić information content (AvgIpc) is 2.82. The summed E-state index contributed by atoms with van der Waals surface area (Å²) in [4.78, 5) is 3.00. The fourth-order valence-corrected chi connectivity index (χ4v) is 2.57. The number of imidazole rings is 1. The van der Waals surface area contributed by atoms with E-state index in [0.29, 0.717) is 10.5 Å². The van der Waals surface area contributed by atoms with Gasteiger partial charge in [0.05, 0.1) is 11.4 Å². The van der Waals surface area contributed by atoms with Gasteiger partial charge < -0.3 is 4.98 Å². The lowest BCUT2D eigenvalue weighted by atomic mass is 10.1. The number of H-pyrrole nitrogens is 1. The summed E-state index contributed by atoms with van der Waals surface area (Å²) in [6, 6.07) is 14.8. The van der Waals surface area contributed by atoms with Crippen LogP contribution in [0.2, 0.25) is 0 Å². The second kappa shape index (κ2) is 5.06. The van der Waals surface area contributed by atoms with Crippen LogP contribution in [0.3, 0.4) is 0 Å². The van der Waals surface area contributed by atoms with Crippen molar-refractivity contribution in [2.24, 2.45) is 0 Å². The highest BCUT2D eigenvalue weighted by molar-refractivity contribution is 7.71. The Kier molecular flexibility index (Phi) is 3.24. The third-order valence-electron chi connectivity index (χ3n) is 3.26. The van der Waals surface area contributed by atoms with Gasteiger partial charge in [0.15, 0.2) is 4.77 Å². The van der Waals surface area contributed by atoms with Crippen LogP contribution in [0.1, 0.15) is 5.56 Å². The van der Waals surface area contributed by atoms with Crippen LogP contribution in [0.5, 0.6) is 0 Å². The van der Waals surface area contributed by atoms with E-state index in [4.69, 9.17) is 12.2 Å². The summed E-state index contributed by atoms with van der Waals surface area (Å²) in [5, 5.41) is 0. The molecular formula is C16H13FN2S. The van der Waals surface area contributed by atoms with Gasteiger partial charge in [-0.15, -0.1) is 0 Å². The molecule has 3 rings (SSSR count). The topological polar surface area (TPSA) is 20.7 Å². The van der Waals surface area contributed by atoms with Gasteiger partial charge in [-0.1, -0.05) is 42.5 Å². The normalized spacial score (nSPS) is 10.7. The molecule has 0 fully saturated rings. The molecule has 0 bridgehead atoms. The van der Waals surface area contributed by atoms with Crippen LogP contribution in [0.4, 0.5) is 4.39 Å². The maximum Gasteiger partial charge on any atom is 0.182 e. The Morgan fingerprint density at radius 3 is 2.50 bits per heavy atom. The van der Waals surface area contributed by atoms with Gasteiger partial charge in [-0.05, 0) is 30.8 Å². The quantitative estimate of drug-likeness (QED) is 0.679. The van der Waals surface area contributed by atoms with Crippen molar-refractivity contribution in [3.05, 3.63) is 70.9 Å². The van der Waals surface area contributed by atoms with Gasteiger partial charge in [0.25, 0.3) is 0 Å². The van der Waals surface area contributed by atoms with Crippen molar-refractivity contribution < 1.29 is 4.39 Å². The van der Waals surface area contributed by atoms with Gasteiger partial charge in [-0.25, -0.2) is 4.39 Å². The average molecular weight is 284 g/mol. The van der Waals surface area contributed by atoms with Gasteiger partial charge in [-0.2, -0.15) is 0 Å². The smallest absolute Gasteiger partial charge is 0.182 e. The predicted molar refractivity (Wildman–Crippen MR) is 81.1 cm³/mol. The molecule has 1 heterocycles. The van der Waals surface area contributed by atoms with Crippen molar-refractivity contribution >= 4 is 12.2 Å². The van der Waals surface area contributed by atoms with Crippen LogP contribution >= 0.6 is 12.2 Å². The lowest BCUT2D eigenvalue weighted by molar-refractivity contribution is 0.616. The van der Waals surface area contributed by atoms with E-state index in [1.54, 1.807) is 10.6 Å². The molecule has 0 aliphatic heterocycles. The van der Waals surface area contributed by atoms with Crippen LogP contribution in [-0.2, 0) is 0 Å². The number of hydrogen-bond donors (Lipinski definition) is 1. The highest BCUT2D eigenvalue weighted by Crippen LogP contribution is 2.26. The van der Waals surface area contributed by atoms with Crippen molar-refractivity contribution in [2.75, 3.05) is 0 Å². The summed E-state index contributed by atoms with van der Waals surface area (Å²) < 4.78 is 16.4. The number of hydrogen-bond acceptors (Lipinski definition) is 1. The standard InChI is InChI=1S/C16H13FN2S/c1-11-6-5-9-13(17)15(11)19-14(10-18-16(19)20)12-7-3-2-4-8-12/h2-10H,1H3,(H,18,20). The highest BCUT2D eigenvalue weighted by atomic mass is 32.1. The van der Waals surface area contributed by atoms with Gasteiger partial charge in [0.1, 0.15) is 5.82 Å². The number of benzene rings is 2. The molecule has 0 aliphatic rings. The lowest BCUT2D eigenvalue weighted by Gasteiger charge is -2.12. The minimum absolute atomic E-state index is 0.280. The molecule has 0 atom stereocenters. The molecule has 0 aliphatic carbocycles. The molecule has 1 aromatic heterocycles. The molecule has 0 saturated carbocycles. The fraction of sp³-hybridized carbons (Fsp3) is 0.0625. The number of nitrogens with zero attached hydrogens (tertiary/aromatic N) is 1. The summed E-state index contributed by atoms with van der Waals surface area (Å²) in [7, 11) is 0. The largest absolute Gasteiger partial charge is 0.336 e. The Bertz CT molecular complexity index is 783. The molecular weight excluding hydrogens is 271 g/mol. The first kappa shape index (κ1) is 12.8. The van der Waals surface area contributed by atoms with E-state index in [-0.39, 0.29) is 5.82 Å². The van der Waals surface area contributed by atoms with E-state index in [0.717, 1.165) is 16.8 Å². The molecule has 0 spiro atoms. The number of aromatic amines is 1. The Morgan fingerprint density at radius 1 is 1.05 bits per heavy atom. The molecule has 0 amide bonds. The van der Waals surface area contributed by atoms with Crippen molar-refractivity contribution in [3.63, 3.8) is 0 Å². The maximum absolute atomic E-state index is 14.2. The molecule has 0 radical (unpaired) electrons. The minimum atomic E-state index is -0.280. The van der Waals surface area contributed by atoms with E-state index in [1.165, 1.54) is 6.07 Å². The molecule has 4 heteroatoms. The second-order valence-corrected chi connectivity index (χ2v) is 4.97. The van der Waals surface area contributed by atoms with E-state index >= 15 is 0 Å². The van der Waals surface area contributed by atoms with Crippen LogP contribution < -0.4 is 0 Å². The first-order chi connectivity index (χ1) is 9.68. The van der Waals surface area contributed by atoms with Gasteiger partial charge in [0, 0.05) is 11.8 Å². The van der Waals surface area contributed by atoms with E-state index in [2.05, 4.69) is 4.98 Å². The second-order valence-electron chi connectivity index (χ2n) is 4.59. The highest BCUT2D eigenvalue weighted by Gasteiger charge is 2.14.